The number of pyridine rings is 1. The van der Waals surface area contributed by atoms with Gasteiger partial charge in [-0.3, -0.25) is 9.78 Å². The number of carbonyl (C=O) groups is 1. The molecule has 0 bridgehead atoms. The molecule has 9 heteroatoms. The molecule has 1 amide bonds. The van der Waals surface area contributed by atoms with Crippen molar-refractivity contribution in [1.82, 2.24) is 4.98 Å². The summed E-state index contributed by atoms with van der Waals surface area (Å²) in [4.78, 5) is 16.5. The van der Waals surface area contributed by atoms with E-state index < -0.39 is 29.4 Å². The van der Waals surface area contributed by atoms with Gasteiger partial charge < -0.3 is 15.2 Å². The third kappa shape index (κ3) is 6.32. The van der Waals surface area contributed by atoms with Crippen molar-refractivity contribution in [2.45, 2.75) is 51.7 Å². The first-order valence-corrected chi connectivity index (χ1v) is 11.2. The van der Waals surface area contributed by atoms with E-state index in [2.05, 4.69) is 10.3 Å². The van der Waals surface area contributed by atoms with Crippen molar-refractivity contribution in [3.8, 4) is 5.75 Å². The van der Waals surface area contributed by atoms with Gasteiger partial charge in [0.15, 0.2) is 11.6 Å². The largest absolute Gasteiger partial charge is 0.480 e. The summed E-state index contributed by atoms with van der Waals surface area (Å²) in [6, 6.07) is 10.9. The van der Waals surface area contributed by atoms with E-state index in [0.717, 1.165) is 18.7 Å². The first-order valence-electron chi connectivity index (χ1n) is 10.9. The number of aryl methyl sites for hydroxylation is 1. The molecule has 5 nitrogen and oxygen atoms in total. The molecule has 3 rings (SSSR count). The molecule has 2 aromatic carbocycles. The molecule has 0 saturated heterocycles. The predicted octanol–water partition coefficient (Wildman–Crippen LogP) is 6.15. The molecule has 0 aliphatic rings. The van der Waals surface area contributed by atoms with Gasteiger partial charge in [-0.05, 0) is 51.5 Å². The maximum Gasteiger partial charge on any atom is 0.298 e. The van der Waals surface area contributed by atoms with E-state index in [4.69, 9.17) is 16.3 Å². The molecule has 0 aliphatic heterocycles. The lowest BCUT2D eigenvalue weighted by Gasteiger charge is -2.28. The van der Waals surface area contributed by atoms with Crippen LogP contribution in [0.4, 0.5) is 18.9 Å². The van der Waals surface area contributed by atoms with Crippen LogP contribution >= 0.6 is 11.6 Å². The fourth-order valence-corrected chi connectivity index (χ4v) is 3.80. The van der Waals surface area contributed by atoms with Crippen LogP contribution in [0, 0.1) is 12.7 Å². The van der Waals surface area contributed by atoms with Crippen molar-refractivity contribution in [3.05, 3.63) is 88.0 Å². The Morgan fingerprint density at radius 1 is 1.17 bits per heavy atom. The van der Waals surface area contributed by atoms with Crippen molar-refractivity contribution < 1.29 is 27.8 Å². The molecule has 186 valence electrons. The number of aromatic nitrogens is 1. The number of halogens is 4. The zero-order valence-corrected chi connectivity index (χ0v) is 20.5. The Morgan fingerprint density at radius 3 is 2.43 bits per heavy atom. The van der Waals surface area contributed by atoms with E-state index in [-0.39, 0.29) is 23.4 Å². The predicted molar refractivity (Wildman–Crippen MR) is 128 cm³/mol. The maximum atomic E-state index is 14.8. The number of nitrogens with one attached hydrogen (secondary N) is 1. The van der Waals surface area contributed by atoms with Crippen LogP contribution in [0.1, 0.15) is 43.2 Å². The number of hydrogen-bond donors (Lipinski definition) is 2. The van der Waals surface area contributed by atoms with Crippen LogP contribution < -0.4 is 10.1 Å². The SMILES string of the molecule is Cc1cc(C(C)(C)Oc2ccc(NC(=O)Cc3ccc(C(F)(F)C(C)O)cc3)cc2F)c(Cl)cn1. The Bertz CT molecular complexity index is 1210. The summed E-state index contributed by atoms with van der Waals surface area (Å²) in [5.74, 6) is -4.54. The Balaban J connectivity index is 1.67. The number of aliphatic hydroxyl groups is 1. The average Bonchev–Trinajstić information content (AvgIpc) is 2.77. The highest BCUT2D eigenvalue weighted by Gasteiger charge is 2.37. The molecule has 0 radical (unpaired) electrons. The van der Waals surface area contributed by atoms with Crippen LogP contribution in [-0.4, -0.2) is 22.1 Å². The number of nitrogens with zero attached hydrogens (tertiary/aromatic N) is 1. The standard InChI is InChI=1S/C26H26ClF3N2O3/c1-15-11-20(21(27)14-31-15)25(3,4)35-23-10-9-19(13-22(23)28)32-24(34)12-17-5-7-18(8-6-17)26(29,30)16(2)33/h5-11,13-14,16,33H,12H2,1-4H3,(H,32,34). The van der Waals surface area contributed by atoms with Gasteiger partial charge in [-0.25, -0.2) is 4.39 Å². The topological polar surface area (TPSA) is 71.5 Å². The van der Waals surface area contributed by atoms with Crippen molar-refractivity contribution in [2.24, 2.45) is 0 Å². The van der Waals surface area contributed by atoms with Crippen LogP contribution in [-0.2, 0) is 22.7 Å². The Labute approximate surface area is 206 Å². The number of alkyl halides is 2. The second-order valence-corrected chi connectivity index (χ2v) is 9.19. The molecule has 0 saturated carbocycles. The summed E-state index contributed by atoms with van der Waals surface area (Å²) < 4.78 is 48.4. The van der Waals surface area contributed by atoms with Gasteiger partial charge in [0.25, 0.3) is 5.92 Å². The van der Waals surface area contributed by atoms with Gasteiger partial charge in [0.1, 0.15) is 11.7 Å². The monoisotopic (exact) mass is 506 g/mol. The molecular formula is C26H26ClF3N2O3. The number of ether oxygens (including phenoxy) is 1. The Kier molecular flexibility index (Phi) is 7.77. The number of anilines is 1. The van der Waals surface area contributed by atoms with Crippen molar-refractivity contribution >= 4 is 23.2 Å². The lowest BCUT2D eigenvalue weighted by Crippen LogP contribution is -2.27. The minimum Gasteiger partial charge on any atom is -0.480 e. The quantitative estimate of drug-likeness (QED) is 0.384. The fraction of sp³-hybridized carbons (Fsp3) is 0.308. The van der Waals surface area contributed by atoms with Gasteiger partial charge in [-0.15, -0.1) is 0 Å². The van der Waals surface area contributed by atoms with E-state index >= 15 is 0 Å². The summed E-state index contributed by atoms with van der Waals surface area (Å²) in [5, 5.41) is 12.2. The molecule has 1 unspecified atom stereocenters. The van der Waals surface area contributed by atoms with E-state index in [1.807, 2.05) is 6.92 Å². The maximum absolute atomic E-state index is 14.8. The molecule has 35 heavy (non-hydrogen) atoms. The minimum atomic E-state index is -3.39. The van der Waals surface area contributed by atoms with E-state index in [1.165, 1.54) is 42.6 Å². The van der Waals surface area contributed by atoms with Crippen LogP contribution in [0.2, 0.25) is 5.02 Å². The normalized spacial score (nSPS) is 12.8. The summed E-state index contributed by atoms with van der Waals surface area (Å²) >= 11 is 6.25. The first-order chi connectivity index (χ1) is 16.3. The lowest BCUT2D eigenvalue weighted by molar-refractivity contribution is -0.115. The third-order valence-electron chi connectivity index (χ3n) is 5.45. The molecule has 1 atom stereocenters. The van der Waals surface area contributed by atoms with Gasteiger partial charge in [0, 0.05) is 34.8 Å². The van der Waals surface area contributed by atoms with Crippen molar-refractivity contribution in [1.29, 1.82) is 0 Å². The summed E-state index contributed by atoms with van der Waals surface area (Å²) in [7, 11) is 0. The Hall–Kier alpha value is -3.10. The molecule has 1 aromatic heterocycles. The summed E-state index contributed by atoms with van der Waals surface area (Å²) in [6.07, 6.45) is -0.429. The molecule has 0 aliphatic carbocycles. The van der Waals surface area contributed by atoms with Gasteiger partial charge in [-0.1, -0.05) is 35.9 Å². The molecule has 1 heterocycles. The van der Waals surface area contributed by atoms with E-state index in [9.17, 15) is 23.1 Å². The molecule has 2 N–H and O–H groups in total. The zero-order valence-electron chi connectivity index (χ0n) is 19.7. The smallest absolute Gasteiger partial charge is 0.298 e. The number of hydrogen-bond acceptors (Lipinski definition) is 4. The number of carbonyl (C=O) groups excluding carboxylic acids is 1. The number of aliphatic hydroxyl groups excluding tert-OH is 1. The number of benzene rings is 2. The van der Waals surface area contributed by atoms with Crippen LogP contribution in [0.25, 0.3) is 0 Å². The highest BCUT2D eigenvalue weighted by Crippen LogP contribution is 2.34. The van der Waals surface area contributed by atoms with Crippen LogP contribution in [0.5, 0.6) is 5.75 Å². The van der Waals surface area contributed by atoms with Gasteiger partial charge in [-0.2, -0.15) is 8.78 Å². The minimum absolute atomic E-state index is 0.0202. The molecule has 0 spiro atoms. The third-order valence-corrected chi connectivity index (χ3v) is 5.75. The van der Waals surface area contributed by atoms with Gasteiger partial charge in [0.2, 0.25) is 5.91 Å². The second-order valence-electron chi connectivity index (χ2n) is 8.78. The molecular weight excluding hydrogens is 481 g/mol. The fourth-order valence-electron chi connectivity index (χ4n) is 3.47. The number of rotatable bonds is 8. The number of amides is 1. The second kappa shape index (κ2) is 10.3. The van der Waals surface area contributed by atoms with Crippen molar-refractivity contribution in [2.75, 3.05) is 5.32 Å². The molecule has 3 aromatic rings. The highest BCUT2D eigenvalue weighted by atomic mass is 35.5. The summed E-state index contributed by atoms with van der Waals surface area (Å²) in [6.45, 7) is 6.33. The first kappa shape index (κ1) is 26.5. The van der Waals surface area contributed by atoms with Crippen molar-refractivity contribution in [3.63, 3.8) is 0 Å². The highest BCUT2D eigenvalue weighted by molar-refractivity contribution is 6.31. The zero-order chi connectivity index (χ0) is 26.0. The Morgan fingerprint density at radius 2 is 1.83 bits per heavy atom. The van der Waals surface area contributed by atoms with E-state index in [1.54, 1.807) is 19.9 Å². The molecule has 0 fully saturated rings. The van der Waals surface area contributed by atoms with Gasteiger partial charge >= 0.3 is 0 Å². The summed E-state index contributed by atoms with van der Waals surface area (Å²) in [5.41, 5.74) is 0.798. The van der Waals surface area contributed by atoms with Gasteiger partial charge in [0.05, 0.1) is 11.4 Å². The van der Waals surface area contributed by atoms with Crippen LogP contribution in [0.15, 0.2) is 54.7 Å². The van der Waals surface area contributed by atoms with Crippen LogP contribution in [0.3, 0.4) is 0 Å². The van der Waals surface area contributed by atoms with E-state index in [0.29, 0.717) is 16.1 Å². The lowest BCUT2D eigenvalue weighted by atomic mass is 9.98. The average molecular weight is 507 g/mol.